The van der Waals surface area contributed by atoms with Crippen molar-refractivity contribution >= 4 is 12.4 Å². The Morgan fingerprint density at radius 2 is 1.95 bits per heavy atom. The van der Waals surface area contributed by atoms with E-state index in [1.54, 1.807) is 6.07 Å². The third-order valence-corrected chi connectivity index (χ3v) is 4.12. The van der Waals surface area contributed by atoms with Crippen LogP contribution in [0.3, 0.4) is 0 Å². The number of aliphatic hydroxyl groups is 1. The monoisotopic (exact) mass is 316 g/mol. The number of piperazine rings is 1. The SMILES string of the molecule is Cc1ccc([C@@H](N2CCNCC2)C(C)(C)CO)c(F)c1.Cl. The largest absolute Gasteiger partial charge is 0.396 e. The van der Waals surface area contributed by atoms with E-state index in [9.17, 15) is 9.50 Å². The molecule has 0 bridgehead atoms. The van der Waals surface area contributed by atoms with Gasteiger partial charge in [0.05, 0.1) is 0 Å². The van der Waals surface area contributed by atoms with Crippen molar-refractivity contribution in [1.82, 2.24) is 10.2 Å². The van der Waals surface area contributed by atoms with Gasteiger partial charge in [-0.15, -0.1) is 12.4 Å². The number of aliphatic hydroxyl groups excluding tert-OH is 1. The Labute approximate surface area is 132 Å². The number of rotatable bonds is 4. The summed E-state index contributed by atoms with van der Waals surface area (Å²) in [6, 6.07) is 5.29. The summed E-state index contributed by atoms with van der Waals surface area (Å²) < 4.78 is 14.4. The van der Waals surface area contributed by atoms with Gasteiger partial charge in [-0.1, -0.05) is 26.0 Å². The van der Waals surface area contributed by atoms with Crippen molar-refractivity contribution < 1.29 is 9.50 Å². The zero-order valence-corrected chi connectivity index (χ0v) is 13.8. The summed E-state index contributed by atoms with van der Waals surface area (Å²) in [7, 11) is 0. The molecule has 0 aliphatic carbocycles. The number of aryl methyl sites for hydroxylation is 1. The number of nitrogens with zero attached hydrogens (tertiary/aromatic N) is 1. The molecule has 1 heterocycles. The van der Waals surface area contributed by atoms with Crippen LogP contribution in [0.4, 0.5) is 4.39 Å². The van der Waals surface area contributed by atoms with Crippen molar-refractivity contribution in [1.29, 1.82) is 0 Å². The average Bonchev–Trinajstić information content (AvgIpc) is 2.43. The molecule has 0 saturated carbocycles. The highest BCUT2D eigenvalue weighted by Gasteiger charge is 2.37. The normalized spacial score (nSPS) is 18.1. The highest BCUT2D eigenvalue weighted by molar-refractivity contribution is 5.85. The summed E-state index contributed by atoms with van der Waals surface area (Å²) in [5.41, 5.74) is 1.23. The van der Waals surface area contributed by atoms with Crippen LogP contribution in [-0.2, 0) is 0 Å². The molecule has 0 unspecified atom stereocenters. The van der Waals surface area contributed by atoms with E-state index in [1.165, 1.54) is 0 Å². The number of halogens is 2. The lowest BCUT2D eigenvalue weighted by Gasteiger charge is -2.43. The average molecular weight is 317 g/mol. The summed E-state index contributed by atoms with van der Waals surface area (Å²) in [5, 5.41) is 13.1. The van der Waals surface area contributed by atoms with Crippen molar-refractivity contribution in [3.05, 3.63) is 35.1 Å². The second-order valence-corrected chi connectivity index (χ2v) is 6.36. The van der Waals surface area contributed by atoms with Crippen LogP contribution in [0.15, 0.2) is 18.2 Å². The minimum Gasteiger partial charge on any atom is -0.396 e. The summed E-state index contributed by atoms with van der Waals surface area (Å²) in [6.45, 7) is 9.50. The van der Waals surface area contributed by atoms with Gasteiger partial charge < -0.3 is 10.4 Å². The maximum Gasteiger partial charge on any atom is 0.128 e. The quantitative estimate of drug-likeness (QED) is 0.896. The highest BCUT2D eigenvalue weighted by Crippen LogP contribution is 2.39. The lowest BCUT2D eigenvalue weighted by atomic mass is 9.79. The van der Waals surface area contributed by atoms with Crippen LogP contribution < -0.4 is 5.32 Å². The molecule has 1 atom stereocenters. The minimum atomic E-state index is -0.382. The number of nitrogens with one attached hydrogen (secondary N) is 1. The van der Waals surface area contributed by atoms with Gasteiger partial charge in [-0.25, -0.2) is 4.39 Å². The number of benzene rings is 1. The summed E-state index contributed by atoms with van der Waals surface area (Å²) in [5.74, 6) is -0.171. The van der Waals surface area contributed by atoms with E-state index < -0.39 is 0 Å². The van der Waals surface area contributed by atoms with Gasteiger partial charge >= 0.3 is 0 Å². The van der Waals surface area contributed by atoms with Crippen LogP contribution in [0, 0.1) is 18.2 Å². The summed E-state index contributed by atoms with van der Waals surface area (Å²) in [4.78, 5) is 2.28. The van der Waals surface area contributed by atoms with E-state index in [-0.39, 0.29) is 36.3 Å². The fourth-order valence-electron chi connectivity index (χ4n) is 2.99. The smallest absolute Gasteiger partial charge is 0.128 e. The summed E-state index contributed by atoms with van der Waals surface area (Å²) in [6.07, 6.45) is 0. The molecule has 0 amide bonds. The molecule has 0 radical (unpaired) electrons. The Balaban J connectivity index is 0.00000220. The maximum absolute atomic E-state index is 14.4. The Hall–Kier alpha value is -0.680. The van der Waals surface area contributed by atoms with E-state index in [1.807, 2.05) is 32.9 Å². The van der Waals surface area contributed by atoms with E-state index >= 15 is 0 Å². The second-order valence-electron chi connectivity index (χ2n) is 6.36. The number of hydrogen-bond donors (Lipinski definition) is 2. The van der Waals surface area contributed by atoms with Crippen molar-refractivity contribution in [3.63, 3.8) is 0 Å². The zero-order valence-electron chi connectivity index (χ0n) is 13.0. The first-order chi connectivity index (χ1) is 9.45. The molecule has 0 aromatic heterocycles. The predicted molar refractivity (Wildman–Crippen MR) is 86.4 cm³/mol. The van der Waals surface area contributed by atoms with Gasteiger partial charge in [0.15, 0.2) is 0 Å². The molecular formula is C16H26ClFN2O. The lowest BCUT2D eigenvalue weighted by molar-refractivity contribution is 0.0286. The molecule has 1 fully saturated rings. The Morgan fingerprint density at radius 1 is 1.33 bits per heavy atom. The van der Waals surface area contributed by atoms with E-state index in [4.69, 9.17) is 0 Å². The van der Waals surface area contributed by atoms with Crippen molar-refractivity contribution in [2.45, 2.75) is 26.8 Å². The highest BCUT2D eigenvalue weighted by atomic mass is 35.5. The van der Waals surface area contributed by atoms with Gasteiger partial charge in [0.2, 0.25) is 0 Å². The van der Waals surface area contributed by atoms with E-state index in [2.05, 4.69) is 10.2 Å². The van der Waals surface area contributed by atoms with Crippen LogP contribution in [0.5, 0.6) is 0 Å². The van der Waals surface area contributed by atoms with Crippen LogP contribution in [0.25, 0.3) is 0 Å². The fourth-order valence-corrected chi connectivity index (χ4v) is 2.99. The van der Waals surface area contributed by atoms with Gasteiger partial charge in [-0.2, -0.15) is 0 Å². The molecule has 1 aromatic carbocycles. The van der Waals surface area contributed by atoms with E-state index in [0.717, 1.165) is 31.7 Å². The second kappa shape index (κ2) is 7.54. The van der Waals surface area contributed by atoms with Gasteiger partial charge in [0.25, 0.3) is 0 Å². The lowest BCUT2D eigenvalue weighted by Crippen LogP contribution is -2.49. The molecule has 1 aliphatic rings. The molecule has 0 spiro atoms. The van der Waals surface area contributed by atoms with Gasteiger partial charge in [0, 0.05) is 49.8 Å². The van der Waals surface area contributed by atoms with Crippen LogP contribution >= 0.6 is 12.4 Å². The summed E-state index contributed by atoms with van der Waals surface area (Å²) >= 11 is 0. The first-order valence-corrected chi connectivity index (χ1v) is 7.27. The van der Waals surface area contributed by atoms with Crippen LogP contribution in [-0.4, -0.2) is 42.8 Å². The maximum atomic E-state index is 14.4. The Morgan fingerprint density at radius 3 is 2.48 bits per heavy atom. The molecule has 1 aromatic rings. The standard InChI is InChI=1S/C16H25FN2O.ClH/c1-12-4-5-13(14(17)10-12)15(16(2,3)11-20)19-8-6-18-7-9-19;/h4-5,10,15,18,20H,6-9,11H2,1-3H3;1H/t15-;/m1./s1. The third-order valence-electron chi connectivity index (χ3n) is 4.12. The molecule has 1 aliphatic heterocycles. The molecule has 2 rings (SSSR count). The van der Waals surface area contributed by atoms with Gasteiger partial charge in [-0.05, 0) is 18.6 Å². The van der Waals surface area contributed by atoms with Gasteiger partial charge in [-0.3, -0.25) is 4.90 Å². The minimum absolute atomic E-state index is 0. The molecule has 21 heavy (non-hydrogen) atoms. The van der Waals surface area contributed by atoms with E-state index in [0.29, 0.717) is 5.56 Å². The first kappa shape index (κ1) is 18.4. The molecule has 1 saturated heterocycles. The first-order valence-electron chi connectivity index (χ1n) is 7.27. The molecule has 2 N–H and O–H groups in total. The topological polar surface area (TPSA) is 35.5 Å². The Kier molecular flexibility index (Phi) is 6.60. The predicted octanol–water partition coefficient (Wildman–Crippen LogP) is 2.52. The van der Waals surface area contributed by atoms with Crippen molar-refractivity contribution in [3.8, 4) is 0 Å². The van der Waals surface area contributed by atoms with Crippen molar-refractivity contribution in [2.24, 2.45) is 5.41 Å². The molecular weight excluding hydrogens is 291 g/mol. The molecule has 120 valence electrons. The Bertz CT molecular complexity index is 462. The molecule has 5 heteroatoms. The van der Waals surface area contributed by atoms with Crippen LogP contribution in [0.1, 0.15) is 31.0 Å². The van der Waals surface area contributed by atoms with Crippen LogP contribution in [0.2, 0.25) is 0 Å². The van der Waals surface area contributed by atoms with Crippen molar-refractivity contribution in [2.75, 3.05) is 32.8 Å². The van der Waals surface area contributed by atoms with Gasteiger partial charge in [0.1, 0.15) is 5.82 Å². The fraction of sp³-hybridized carbons (Fsp3) is 0.625. The zero-order chi connectivity index (χ0) is 14.8. The number of hydrogen-bond acceptors (Lipinski definition) is 3. The molecule has 3 nitrogen and oxygen atoms in total. The third kappa shape index (κ3) is 4.16.